The van der Waals surface area contributed by atoms with E-state index in [2.05, 4.69) is 23.5 Å². The Morgan fingerprint density at radius 3 is 2.61 bits per heavy atom. The zero-order chi connectivity index (χ0) is 22.0. The lowest BCUT2D eigenvalue weighted by atomic mass is 9.88. The first-order chi connectivity index (χ1) is 14.8. The normalized spacial score (nSPS) is 20.3. The molecular formula is C24H32N3O3S+. The Hall–Kier alpha value is -2.22. The molecule has 7 heteroatoms. The van der Waals surface area contributed by atoms with Gasteiger partial charge in [-0.05, 0) is 55.9 Å². The van der Waals surface area contributed by atoms with E-state index < -0.39 is 10.0 Å². The number of sulfonamides is 1. The molecule has 2 aromatic rings. The molecule has 0 saturated carbocycles. The van der Waals surface area contributed by atoms with Gasteiger partial charge in [0.05, 0.1) is 37.1 Å². The highest BCUT2D eigenvalue weighted by Crippen LogP contribution is 2.29. The summed E-state index contributed by atoms with van der Waals surface area (Å²) in [6, 6.07) is 13.9. The molecule has 0 spiro atoms. The van der Waals surface area contributed by atoms with Gasteiger partial charge >= 0.3 is 0 Å². The van der Waals surface area contributed by atoms with Crippen LogP contribution in [0.5, 0.6) is 0 Å². The van der Waals surface area contributed by atoms with E-state index in [-0.39, 0.29) is 11.9 Å². The van der Waals surface area contributed by atoms with E-state index in [0.717, 1.165) is 35.3 Å². The number of piperazine rings is 1. The Morgan fingerprint density at radius 2 is 1.87 bits per heavy atom. The molecule has 2 N–H and O–H groups in total. The Morgan fingerprint density at radius 1 is 1.13 bits per heavy atom. The first-order valence-corrected chi connectivity index (χ1v) is 12.6. The summed E-state index contributed by atoms with van der Waals surface area (Å²) in [5.41, 5.74) is 4.40. The second-order valence-electron chi connectivity index (χ2n) is 8.81. The fourth-order valence-corrected chi connectivity index (χ4v) is 6.47. The summed E-state index contributed by atoms with van der Waals surface area (Å²) >= 11 is 0. The van der Waals surface area contributed by atoms with Gasteiger partial charge in [0.25, 0.3) is 5.91 Å². The molecule has 1 aliphatic heterocycles. The molecule has 0 radical (unpaired) electrons. The van der Waals surface area contributed by atoms with Crippen molar-refractivity contribution in [1.29, 1.82) is 0 Å². The summed E-state index contributed by atoms with van der Waals surface area (Å²) in [5.74, 6) is 0.0439. The fraction of sp³-hybridized carbons (Fsp3) is 0.458. The molecule has 4 rings (SSSR count). The number of hydrogen-bond acceptors (Lipinski definition) is 3. The smallest absolute Gasteiger partial charge is 0.275 e. The van der Waals surface area contributed by atoms with Crippen LogP contribution in [0.1, 0.15) is 41.1 Å². The second kappa shape index (κ2) is 9.10. The van der Waals surface area contributed by atoms with Crippen LogP contribution in [0.4, 0.5) is 0 Å². The van der Waals surface area contributed by atoms with Crippen molar-refractivity contribution in [2.75, 3.05) is 32.7 Å². The zero-order valence-corrected chi connectivity index (χ0v) is 19.2. The maximum absolute atomic E-state index is 13.1. The number of quaternary nitrogens is 1. The summed E-state index contributed by atoms with van der Waals surface area (Å²) in [4.78, 5) is 14.2. The standard InChI is InChI=1S/C24H31N3O3S/c1-18-10-11-23(19(2)16-18)31(29,30)27-14-12-26(13-15-27)17-24(28)25-22-9-5-7-20-6-3-4-8-21(20)22/h3-4,6,8,10-11,16,22H,5,7,9,12-15,17H2,1-2H3,(H,25,28)/p+1/t22-/m0/s1. The fourth-order valence-electron chi connectivity index (χ4n) is 4.82. The van der Waals surface area contributed by atoms with Gasteiger partial charge in [-0.25, -0.2) is 8.42 Å². The molecule has 0 bridgehead atoms. The van der Waals surface area contributed by atoms with Crippen molar-refractivity contribution >= 4 is 15.9 Å². The average Bonchev–Trinajstić information content (AvgIpc) is 2.74. The molecule has 0 unspecified atom stereocenters. The number of benzene rings is 2. The predicted octanol–water partition coefficient (Wildman–Crippen LogP) is 1.39. The van der Waals surface area contributed by atoms with Gasteiger partial charge in [0.15, 0.2) is 6.54 Å². The molecule has 166 valence electrons. The number of nitrogens with zero attached hydrogens (tertiary/aromatic N) is 1. The van der Waals surface area contributed by atoms with Gasteiger partial charge in [0, 0.05) is 0 Å². The lowest BCUT2D eigenvalue weighted by molar-refractivity contribution is -0.895. The van der Waals surface area contributed by atoms with Crippen LogP contribution in [0, 0.1) is 13.8 Å². The summed E-state index contributed by atoms with van der Waals surface area (Å²) in [6.45, 7) is 6.33. The van der Waals surface area contributed by atoms with E-state index in [1.165, 1.54) is 11.1 Å². The Kier molecular flexibility index (Phi) is 6.46. The molecule has 2 aliphatic rings. The molecule has 6 nitrogen and oxygen atoms in total. The Balaban J connectivity index is 1.33. The molecule has 1 heterocycles. The minimum absolute atomic E-state index is 0.0439. The van der Waals surface area contributed by atoms with Crippen molar-refractivity contribution < 1.29 is 18.1 Å². The monoisotopic (exact) mass is 442 g/mol. The van der Waals surface area contributed by atoms with Crippen LogP contribution >= 0.6 is 0 Å². The Bertz CT molecular complexity index is 1060. The van der Waals surface area contributed by atoms with E-state index in [1.54, 1.807) is 10.4 Å². The molecule has 1 amide bonds. The van der Waals surface area contributed by atoms with Crippen molar-refractivity contribution in [3.63, 3.8) is 0 Å². The highest BCUT2D eigenvalue weighted by atomic mass is 32.2. The van der Waals surface area contributed by atoms with Crippen LogP contribution in [0.15, 0.2) is 47.4 Å². The van der Waals surface area contributed by atoms with Crippen molar-refractivity contribution in [2.24, 2.45) is 0 Å². The van der Waals surface area contributed by atoms with E-state index in [9.17, 15) is 13.2 Å². The second-order valence-corrected chi connectivity index (χ2v) is 10.7. The predicted molar refractivity (Wildman–Crippen MR) is 121 cm³/mol. The number of carbonyl (C=O) groups is 1. The van der Waals surface area contributed by atoms with Gasteiger partial charge in [-0.2, -0.15) is 4.31 Å². The van der Waals surface area contributed by atoms with Gasteiger partial charge in [-0.15, -0.1) is 0 Å². The molecule has 1 fully saturated rings. The molecule has 1 atom stereocenters. The van der Waals surface area contributed by atoms with Crippen LogP contribution < -0.4 is 10.2 Å². The molecule has 1 aliphatic carbocycles. The maximum Gasteiger partial charge on any atom is 0.275 e. The summed E-state index contributed by atoms with van der Waals surface area (Å²) < 4.78 is 27.7. The minimum atomic E-state index is -3.50. The highest BCUT2D eigenvalue weighted by Gasteiger charge is 2.32. The molecule has 31 heavy (non-hydrogen) atoms. The molecule has 2 aromatic carbocycles. The number of hydrogen-bond donors (Lipinski definition) is 2. The number of rotatable bonds is 5. The average molecular weight is 443 g/mol. The van der Waals surface area contributed by atoms with Crippen molar-refractivity contribution in [3.05, 3.63) is 64.7 Å². The van der Waals surface area contributed by atoms with Gasteiger partial charge in [0.2, 0.25) is 10.0 Å². The summed E-state index contributed by atoms with van der Waals surface area (Å²) in [7, 11) is -3.50. The van der Waals surface area contributed by atoms with E-state index in [4.69, 9.17) is 0 Å². The van der Waals surface area contributed by atoms with E-state index >= 15 is 0 Å². The molecule has 1 saturated heterocycles. The lowest BCUT2D eigenvalue weighted by Gasteiger charge is -2.32. The summed E-state index contributed by atoms with van der Waals surface area (Å²) in [6.07, 6.45) is 3.13. The van der Waals surface area contributed by atoms with Crippen LogP contribution in [0.3, 0.4) is 0 Å². The number of amides is 1. The first-order valence-electron chi connectivity index (χ1n) is 11.1. The number of aryl methyl sites for hydroxylation is 3. The minimum Gasteiger partial charge on any atom is -0.344 e. The third kappa shape index (κ3) is 4.84. The maximum atomic E-state index is 13.1. The third-order valence-electron chi connectivity index (χ3n) is 6.49. The molecular weight excluding hydrogens is 410 g/mol. The number of carbonyl (C=O) groups excluding carboxylic acids is 1. The topological polar surface area (TPSA) is 70.9 Å². The van der Waals surface area contributed by atoms with E-state index in [1.807, 2.05) is 32.0 Å². The van der Waals surface area contributed by atoms with Crippen LogP contribution in [0.2, 0.25) is 0 Å². The zero-order valence-electron chi connectivity index (χ0n) is 18.4. The van der Waals surface area contributed by atoms with Gasteiger partial charge in [0.1, 0.15) is 0 Å². The Labute approximate surface area is 185 Å². The van der Waals surface area contributed by atoms with E-state index in [0.29, 0.717) is 37.6 Å². The number of fused-ring (bicyclic) bond motifs is 1. The largest absolute Gasteiger partial charge is 0.344 e. The number of nitrogens with one attached hydrogen (secondary N) is 2. The van der Waals surface area contributed by atoms with Crippen molar-refractivity contribution in [2.45, 2.75) is 44.0 Å². The van der Waals surface area contributed by atoms with Crippen LogP contribution in [-0.4, -0.2) is 51.4 Å². The van der Waals surface area contributed by atoms with Crippen molar-refractivity contribution in [1.82, 2.24) is 9.62 Å². The van der Waals surface area contributed by atoms with Crippen molar-refractivity contribution in [3.8, 4) is 0 Å². The quantitative estimate of drug-likeness (QED) is 0.735. The third-order valence-corrected chi connectivity index (χ3v) is 8.55. The molecule has 0 aromatic heterocycles. The van der Waals surface area contributed by atoms with Gasteiger partial charge in [-0.1, -0.05) is 42.0 Å². The lowest BCUT2D eigenvalue weighted by Crippen LogP contribution is -3.15. The highest BCUT2D eigenvalue weighted by molar-refractivity contribution is 7.89. The summed E-state index contributed by atoms with van der Waals surface area (Å²) in [5, 5.41) is 3.21. The first kappa shape index (κ1) is 22.0. The SMILES string of the molecule is Cc1ccc(S(=O)(=O)N2CC[NH+](CC(=O)N[C@H]3CCCc4ccccc43)CC2)c(C)c1. The van der Waals surface area contributed by atoms with Crippen LogP contribution in [0.25, 0.3) is 0 Å². The van der Waals surface area contributed by atoms with Gasteiger partial charge < -0.3 is 10.2 Å². The van der Waals surface area contributed by atoms with Crippen LogP contribution in [-0.2, 0) is 21.2 Å². The van der Waals surface area contributed by atoms with Gasteiger partial charge in [-0.3, -0.25) is 4.79 Å².